The summed E-state index contributed by atoms with van der Waals surface area (Å²) in [6, 6.07) is -0.783. The van der Waals surface area contributed by atoms with Gasteiger partial charge in [-0.15, -0.1) is 0 Å². The Kier molecular flexibility index (Phi) is 4.59. The fourth-order valence-corrected chi connectivity index (χ4v) is 2.08. The number of carbonyl (C=O) groups excluding carboxylic acids is 2. The predicted octanol–water partition coefficient (Wildman–Crippen LogP) is 1.31. The summed E-state index contributed by atoms with van der Waals surface area (Å²) >= 11 is 0. The standard InChI is InChI=1S/C11H17F3N2O2/c1-7(15-8(2)17)10(18)16-5-3-4-9(6-16)11(12,13)14/h7,9H,3-6H2,1-2H3,(H,15,17)/t7-,9-/m0/s1. The number of halogens is 3. The van der Waals surface area contributed by atoms with Gasteiger partial charge in [-0.2, -0.15) is 13.2 Å². The average Bonchev–Trinajstić information content (AvgIpc) is 2.26. The lowest BCUT2D eigenvalue weighted by atomic mass is 9.97. The molecule has 0 radical (unpaired) electrons. The van der Waals surface area contributed by atoms with Crippen LogP contribution < -0.4 is 5.32 Å². The van der Waals surface area contributed by atoms with E-state index < -0.39 is 24.0 Å². The van der Waals surface area contributed by atoms with Crippen LogP contribution in [-0.4, -0.2) is 42.0 Å². The van der Waals surface area contributed by atoms with Gasteiger partial charge in [0.1, 0.15) is 6.04 Å². The Morgan fingerprint density at radius 2 is 2.00 bits per heavy atom. The van der Waals surface area contributed by atoms with Crippen LogP contribution in [-0.2, 0) is 9.59 Å². The van der Waals surface area contributed by atoms with Crippen molar-refractivity contribution >= 4 is 11.8 Å². The topological polar surface area (TPSA) is 49.4 Å². The first-order valence-electron chi connectivity index (χ1n) is 5.84. The summed E-state index contributed by atoms with van der Waals surface area (Å²) in [6.45, 7) is 2.74. The molecule has 1 aliphatic heterocycles. The minimum atomic E-state index is -4.27. The minimum Gasteiger partial charge on any atom is -0.345 e. The van der Waals surface area contributed by atoms with Crippen LogP contribution in [0.1, 0.15) is 26.7 Å². The normalized spacial score (nSPS) is 22.5. The van der Waals surface area contributed by atoms with E-state index in [1.807, 2.05) is 0 Å². The first-order valence-corrected chi connectivity index (χ1v) is 5.84. The highest BCUT2D eigenvalue weighted by atomic mass is 19.4. The molecule has 2 amide bonds. The van der Waals surface area contributed by atoms with Crippen molar-refractivity contribution in [3.05, 3.63) is 0 Å². The van der Waals surface area contributed by atoms with Gasteiger partial charge in [0.15, 0.2) is 0 Å². The number of nitrogens with zero attached hydrogens (tertiary/aromatic N) is 1. The highest BCUT2D eigenvalue weighted by Gasteiger charge is 2.43. The molecule has 2 atom stereocenters. The SMILES string of the molecule is CC(=O)N[C@@H](C)C(=O)N1CCC[C@H](C(F)(F)F)C1. The molecule has 0 unspecified atom stereocenters. The number of rotatable bonds is 2. The van der Waals surface area contributed by atoms with Crippen molar-refractivity contribution in [1.82, 2.24) is 10.2 Å². The lowest BCUT2D eigenvalue weighted by molar-refractivity contribution is -0.188. The third-order valence-electron chi connectivity index (χ3n) is 2.99. The Balaban J connectivity index is 2.61. The molecule has 0 spiro atoms. The second-order valence-corrected chi connectivity index (χ2v) is 4.59. The highest BCUT2D eigenvalue weighted by molar-refractivity contribution is 5.86. The molecule has 18 heavy (non-hydrogen) atoms. The van der Waals surface area contributed by atoms with Gasteiger partial charge in [0.05, 0.1) is 5.92 Å². The molecule has 1 rings (SSSR count). The van der Waals surface area contributed by atoms with Crippen molar-refractivity contribution < 1.29 is 22.8 Å². The Hall–Kier alpha value is -1.27. The van der Waals surface area contributed by atoms with Crippen LogP contribution in [0.3, 0.4) is 0 Å². The number of nitrogens with one attached hydrogen (secondary N) is 1. The van der Waals surface area contributed by atoms with Crippen LogP contribution in [0.25, 0.3) is 0 Å². The molecule has 1 fully saturated rings. The monoisotopic (exact) mass is 266 g/mol. The number of hydrogen-bond donors (Lipinski definition) is 1. The molecule has 0 saturated carbocycles. The van der Waals surface area contributed by atoms with E-state index in [9.17, 15) is 22.8 Å². The maximum absolute atomic E-state index is 12.6. The first kappa shape index (κ1) is 14.8. The fourth-order valence-electron chi connectivity index (χ4n) is 2.08. The Morgan fingerprint density at radius 1 is 1.39 bits per heavy atom. The zero-order valence-electron chi connectivity index (χ0n) is 10.4. The van der Waals surface area contributed by atoms with Crippen LogP contribution in [0.2, 0.25) is 0 Å². The van der Waals surface area contributed by atoms with E-state index in [4.69, 9.17) is 0 Å². The molecule has 4 nitrogen and oxygen atoms in total. The second kappa shape index (κ2) is 5.58. The van der Waals surface area contributed by atoms with E-state index in [-0.39, 0.29) is 18.9 Å². The molecule has 1 heterocycles. The van der Waals surface area contributed by atoms with Gasteiger partial charge in [-0.05, 0) is 19.8 Å². The van der Waals surface area contributed by atoms with Crippen molar-refractivity contribution in [2.45, 2.75) is 38.9 Å². The maximum atomic E-state index is 12.6. The van der Waals surface area contributed by atoms with Crippen LogP contribution in [0.5, 0.6) is 0 Å². The Bertz CT molecular complexity index is 331. The van der Waals surface area contributed by atoms with Gasteiger partial charge in [0.25, 0.3) is 0 Å². The van der Waals surface area contributed by atoms with Gasteiger partial charge in [-0.1, -0.05) is 0 Å². The summed E-state index contributed by atoms with van der Waals surface area (Å²) in [5, 5.41) is 2.38. The van der Waals surface area contributed by atoms with E-state index >= 15 is 0 Å². The lowest BCUT2D eigenvalue weighted by Crippen LogP contribution is -2.51. The summed E-state index contributed by atoms with van der Waals surface area (Å²) < 4.78 is 37.7. The molecule has 1 N–H and O–H groups in total. The van der Waals surface area contributed by atoms with Crippen molar-refractivity contribution in [1.29, 1.82) is 0 Å². The second-order valence-electron chi connectivity index (χ2n) is 4.59. The molecule has 1 aliphatic rings. The fraction of sp³-hybridized carbons (Fsp3) is 0.818. The molecule has 0 aliphatic carbocycles. The molecule has 0 aromatic heterocycles. The van der Waals surface area contributed by atoms with Gasteiger partial charge in [0.2, 0.25) is 11.8 Å². The summed E-state index contributed by atoms with van der Waals surface area (Å²) in [5.41, 5.74) is 0. The van der Waals surface area contributed by atoms with Crippen molar-refractivity contribution in [2.75, 3.05) is 13.1 Å². The Morgan fingerprint density at radius 3 is 2.50 bits per heavy atom. The quantitative estimate of drug-likeness (QED) is 0.819. The third kappa shape index (κ3) is 3.89. The highest BCUT2D eigenvalue weighted by Crippen LogP contribution is 2.33. The molecule has 0 aromatic carbocycles. The first-order chi connectivity index (χ1) is 8.21. The number of carbonyl (C=O) groups is 2. The van der Waals surface area contributed by atoms with E-state index in [1.165, 1.54) is 18.7 Å². The molecule has 7 heteroatoms. The van der Waals surface area contributed by atoms with Gasteiger partial charge in [-0.25, -0.2) is 0 Å². The van der Waals surface area contributed by atoms with Crippen molar-refractivity contribution in [3.63, 3.8) is 0 Å². The van der Waals surface area contributed by atoms with Crippen LogP contribution in [0.15, 0.2) is 0 Å². The van der Waals surface area contributed by atoms with Crippen molar-refractivity contribution in [3.8, 4) is 0 Å². The molecular weight excluding hydrogens is 249 g/mol. The number of alkyl halides is 3. The largest absolute Gasteiger partial charge is 0.393 e. The van der Waals surface area contributed by atoms with E-state index in [2.05, 4.69) is 5.32 Å². The minimum absolute atomic E-state index is 0.0573. The molecule has 0 aromatic rings. The van der Waals surface area contributed by atoms with Gasteiger partial charge < -0.3 is 10.2 Å². The third-order valence-corrected chi connectivity index (χ3v) is 2.99. The molecular formula is C11H17F3N2O2. The van der Waals surface area contributed by atoms with E-state index in [0.717, 1.165) is 0 Å². The molecule has 1 saturated heterocycles. The summed E-state index contributed by atoms with van der Waals surface area (Å²) in [4.78, 5) is 23.8. The number of likely N-dealkylation sites (tertiary alicyclic amines) is 1. The van der Waals surface area contributed by atoms with Crippen molar-refractivity contribution in [2.24, 2.45) is 5.92 Å². The van der Waals surface area contributed by atoms with Crippen LogP contribution in [0, 0.1) is 5.92 Å². The average molecular weight is 266 g/mol. The smallest absolute Gasteiger partial charge is 0.345 e. The molecule has 0 bridgehead atoms. The van der Waals surface area contributed by atoms with Gasteiger partial charge in [-0.3, -0.25) is 9.59 Å². The summed E-state index contributed by atoms with van der Waals surface area (Å²) in [6.07, 6.45) is -3.87. The summed E-state index contributed by atoms with van der Waals surface area (Å²) in [5.74, 6) is -2.29. The maximum Gasteiger partial charge on any atom is 0.393 e. The molecule has 104 valence electrons. The number of amides is 2. The zero-order chi connectivity index (χ0) is 13.9. The van der Waals surface area contributed by atoms with Crippen LogP contribution >= 0.6 is 0 Å². The predicted molar refractivity (Wildman–Crippen MR) is 58.6 cm³/mol. The van der Waals surface area contributed by atoms with E-state index in [0.29, 0.717) is 13.0 Å². The van der Waals surface area contributed by atoms with Crippen LogP contribution in [0.4, 0.5) is 13.2 Å². The number of hydrogen-bond acceptors (Lipinski definition) is 2. The van der Waals surface area contributed by atoms with Gasteiger partial charge in [0, 0.05) is 20.0 Å². The number of piperidine rings is 1. The van der Waals surface area contributed by atoms with Gasteiger partial charge >= 0.3 is 6.18 Å². The lowest BCUT2D eigenvalue weighted by Gasteiger charge is -2.35. The Labute approximate surface area is 104 Å². The van der Waals surface area contributed by atoms with E-state index in [1.54, 1.807) is 0 Å². The zero-order valence-corrected chi connectivity index (χ0v) is 10.4. The summed E-state index contributed by atoms with van der Waals surface area (Å²) in [7, 11) is 0.